The Labute approximate surface area is 197 Å². The molecule has 0 saturated heterocycles. The van der Waals surface area contributed by atoms with Crippen LogP contribution < -0.4 is 11.5 Å². The topological polar surface area (TPSA) is 107 Å². The van der Waals surface area contributed by atoms with E-state index in [1.54, 1.807) is 31.4 Å². The number of aromatic nitrogens is 1. The van der Waals surface area contributed by atoms with E-state index >= 15 is 0 Å². The van der Waals surface area contributed by atoms with Gasteiger partial charge < -0.3 is 26.2 Å². The highest BCUT2D eigenvalue weighted by Crippen LogP contribution is 2.44. The molecule has 0 saturated carbocycles. The van der Waals surface area contributed by atoms with E-state index in [2.05, 4.69) is 18.4 Å². The first-order valence-electron chi connectivity index (χ1n) is 10.8. The molecule has 6 nitrogen and oxygen atoms in total. The molecule has 34 heavy (non-hydrogen) atoms. The van der Waals surface area contributed by atoms with E-state index < -0.39 is 11.3 Å². The van der Waals surface area contributed by atoms with Crippen molar-refractivity contribution >= 4 is 28.7 Å². The SMILES string of the molecule is COCC(C)(C)c1c(-c2ccc(C(N)=O)cc2)c2cc(N)c(C=N)cc2n1-c1ccc(F)cc1. The normalized spacial score (nSPS) is 11.6. The first-order valence-corrected chi connectivity index (χ1v) is 10.8. The van der Waals surface area contributed by atoms with Gasteiger partial charge in [-0.1, -0.05) is 26.0 Å². The zero-order valence-corrected chi connectivity index (χ0v) is 19.4. The number of ether oxygens (including phenoxy) is 1. The Kier molecular flexibility index (Phi) is 5.98. The molecule has 0 spiro atoms. The fraction of sp³-hybridized carbons (Fsp3) is 0.185. The first-order chi connectivity index (χ1) is 16.2. The summed E-state index contributed by atoms with van der Waals surface area (Å²) in [5, 5.41) is 8.69. The summed E-state index contributed by atoms with van der Waals surface area (Å²) in [6, 6.07) is 17.1. The van der Waals surface area contributed by atoms with Crippen LogP contribution in [0.1, 0.15) is 35.5 Å². The quantitative estimate of drug-likeness (QED) is 0.267. The van der Waals surface area contributed by atoms with Crippen molar-refractivity contribution in [3.05, 3.63) is 83.3 Å². The maximum Gasteiger partial charge on any atom is 0.248 e. The molecule has 0 unspecified atom stereocenters. The molecule has 1 aromatic heterocycles. The lowest BCUT2D eigenvalue weighted by Crippen LogP contribution is -2.27. The molecular weight excluding hydrogens is 431 g/mol. The Morgan fingerprint density at radius 3 is 2.32 bits per heavy atom. The number of benzene rings is 3. The van der Waals surface area contributed by atoms with E-state index in [1.165, 1.54) is 18.3 Å². The Balaban J connectivity index is 2.18. The van der Waals surface area contributed by atoms with Gasteiger partial charge in [0.05, 0.1) is 12.1 Å². The number of methoxy groups -OCH3 is 1. The number of carbonyl (C=O) groups excluding carboxylic acids is 1. The molecule has 0 aliphatic rings. The summed E-state index contributed by atoms with van der Waals surface area (Å²) >= 11 is 0. The summed E-state index contributed by atoms with van der Waals surface area (Å²) < 4.78 is 21.5. The second-order valence-corrected chi connectivity index (χ2v) is 8.94. The summed E-state index contributed by atoms with van der Waals surface area (Å²) in [6.07, 6.45) is 1.22. The zero-order valence-electron chi connectivity index (χ0n) is 19.4. The van der Waals surface area contributed by atoms with Crippen molar-refractivity contribution in [1.82, 2.24) is 4.57 Å². The molecule has 1 heterocycles. The number of hydrogen-bond acceptors (Lipinski definition) is 4. The number of carbonyl (C=O) groups is 1. The van der Waals surface area contributed by atoms with Crippen molar-refractivity contribution in [3.8, 4) is 16.8 Å². The van der Waals surface area contributed by atoms with Gasteiger partial charge in [0.2, 0.25) is 5.91 Å². The summed E-state index contributed by atoms with van der Waals surface area (Å²) in [7, 11) is 1.65. The van der Waals surface area contributed by atoms with Crippen molar-refractivity contribution in [2.45, 2.75) is 19.3 Å². The lowest BCUT2D eigenvalue weighted by Gasteiger charge is -2.28. The minimum Gasteiger partial charge on any atom is -0.398 e. The van der Waals surface area contributed by atoms with Gasteiger partial charge in [-0.25, -0.2) is 4.39 Å². The van der Waals surface area contributed by atoms with Crippen molar-refractivity contribution in [3.63, 3.8) is 0 Å². The molecule has 0 bridgehead atoms. The average Bonchev–Trinajstić information content (AvgIpc) is 3.13. The van der Waals surface area contributed by atoms with Crippen LogP contribution in [0.4, 0.5) is 10.1 Å². The van der Waals surface area contributed by atoms with Crippen molar-refractivity contribution < 1.29 is 13.9 Å². The third-order valence-electron chi connectivity index (χ3n) is 6.02. The Morgan fingerprint density at radius 1 is 1.12 bits per heavy atom. The van der Waals surface area contributed by atoms with E-state index in [-0.39, 0.29) is 5.82 Å². The van der Waals surface area contributed by atoms with Gasteiger partial charge in [-0.3, -0.25) is 4.79 Å². The summed E-state index contributed by atoms with van der Waals surface area (Å²) in [5.41, 5.74) is 17.1. The molecule has 174 valence electrons. The molecule has 1 amide bonds. The van der Waals surface area contributed by atoms with E-state index in [9.17, 15) is 9.18 Å². The Hall–Kier alpha value is -3.97. The van der Waals surface area contributed by atoms with Gasteiger partial charge in [-0.15, -0.1) is 0 Å². The molecule has 3 aromatic carbocycles. The Bertz CT molecular complexity index is 1390. The molecule has 0 fully saturated rings. The smallest absolute Gasteiger partial charge is 0.248 e. The fourth-order valence-corrected chi connectivity index (χ4v) is 4.51. The summed E-state index contributed by atoms with van der Waals surface area (Å²) in [5.74, 6) is -0.829. The van der Waals surface area contributed by atoms with E-state index in [4.69, 9.17) is 21.6 Å². The largest absolute Gasteiger partial charge is 0.398 e. The van der Waals surface area contributed by atoms with Crippen molar-refractivity contribution in [2.24, 2.45) is 5.73 Å². The van der Waals surface area contributed by atoms with Gasteiger partial charge in [0.15, 0.2) is 0 Å². The lowest BCUT2D eigenvalue weighted by molar-refractivity contribution is 0.100. The number of nitrogens with zero attached hydrogens (tertiary/aromatic N) is 1. The first kappa shape index (κ1) is 23.2. The monoisotopic (exact) mass is 458 g/mol. The van der Waals surface area contributed by atoms with Gasteiger partial charge in [0, 0.05) is 57.9 Å². The van der Waals surface area contributed by atoms with Gasteiger partial charge in [0.1, 0.15) is 5.82 Å². The van der Waals surface area contributed by atoms with Crippen LogP contribution in [0, 0.1) is 11.2 Å². The molecule has 0 aliphatic carbocycles. The average molecular weight is 459 g/mol. The number of halogens is 1. The zero-order chi connectivity index (χ0) is 24.6. The van der Waals surface area contributed by atoms with E-state index in [0.717, 1.165) is 33.4 Å². The van der Waals surface area contributed by atoms with Gasteiger partial charge in [-0.05, 0) is 54.1 Å². The number of nitrogens with one attached hydrogen (secondary N) is 1. The predicted molar refractivity (Wildman–Crippen MR) is 134 cm³/mol. The number of nitrogens with two attached hydrogens (primary N) is 2. The number of primary amides is 1. The Morgan fingerprint density at radius 2 is 1.76 bits per heavy atom. The van der Waals surface area contributed by atoms with Crippen LogP contribution >= 0.6 is 0 Å². The summed E-state index contributed by atoms with van der Waals surface area (Å²) in [6.45, 7) is 4.57. The molecule has 7 heteroatoms. The maximum atomic E-state index is 13.8. The number of rotatable bonds is 7. The van der Waals surface area contributed by atoms with E-state index in [1.807, 2.05) is 24.3 Å². The molecule has 4 aromatic rings. The summed E-state index contributed by atoms with van der Waals surface area (Å²) in [4.78, 5) is 11.6. The van der Waals surface area contributed by atoms with Gasteiger partial charge >= 0.3 is 0 Å². The van der Waals surface area contributed by atoms with Crippen LogP contribution in [0.2, 0.25) is 0 Å². The van der Waals surface area contributed by atoms with Crippen LogP contribution in [0.5, 0.6) is 0 Å². The van der Waals surface area contributed by atoms with Crippen LogP contribution in [0.25, 0.3) is 27.7 Å². The number of fused-ring (bicyclic) bond motifs is 1. The van der Waals surface area contributed by atoms with Gasteiger partial charge in [-0.2, -0.15) is 0 Å². The highest BCUT2D eigenvalue weighted by Gasteiger charge is 2.32. The van der Waals surface area contributed by atoms with Crippen LogP contribution in [-0.4, -0.2) is 30.4 Å². The fourth-order valence-electron chi connectivity index (χ4n) is 4.51. The molecule has 0 aliphatic heterocycles. The third kappa shape index (κ3) is 3.95. The molecule has 0 atom stereocenters. The minimum atomic E-state index is -0.500. The van der Waals surface area contributed by atoms with Crippen molar-refractivity contribution in [1.29, 1.82) is 5.41 Å². The predicted octanol–water partition coefficient (Wildman–Crippen LogP) is 5.04. The molecule has 0 radical (unpaired) electrons. The number of anilines is 1. The minimum absolute atomic E-state index is 0.329. The second kappa shape index (κ2) is 8.76. The second-order valence-electron chi connectivity index (χ2n) is 8.94. The van der Waals surface area contributed by atoms with Gasteiger partial charge in [0.25, 0.3) is 0 Å². The number of nitrogen functional groups attached to an aromatic ring is 1. The van der Waals surface area contributed by atoms with Crippen LogP contribution in [0.3, 0.4) is 0 Å². The van der Waals surface area contributed by atoms with E-state index in [0.29, 0.717) is 23.4 Å². The van der Waals surface area contributed by atoms with Crippen molar-refractivity contribution in [2.75, 3.05) is 19.5 Å². The third-order valence-corrected chi connectivity index (χ3v) is 6.02. The van der Waals surface area contributed by atoms with Crippen LogP contribution in [0.15, 0.2) is 60.7 Å². The van der Waals surface area contributed by atoms with Crippen LogP contribution in [-0.2, 0) is 10.2 Å². The standard InChI is InChI=1S/C27H27FN4O2/c1-27(2,15-34-3)25-24(16-4-6-17(7-5-16)26(31)33)21-13-22(30)18(14-29)12-23(21)32(25)20-10-8-19(28)9-11-20/h4-14,29H,15,30H2,1-3H3,(H2,31,33). The number of amides is 1. The highest BCUT2D eigenvalue weighted by molar-refractivity contribution is 6.05. The maximum absolute atomic E-state index is 13.8. The lowest BCUT2D eigenvalue weighted by atomic mass is 9.84. The highest BCUT2D eigenvalue weighted by atomic mass is 19.1. The number of hydrogen-bond donors (Lipinski definition) is 3. The molecule has 5 N–H and O–H groups in total. The molecule has 4 rings (SSSR count). The molecular formula is C27H27FN4O2.